The summed E-state index contributed by atoms with van der Waals surface area (Å²) in [7, 11) is 0. The summed E-state index contributed by atoms with van der Waals surface area (Å²) < 4.78 is 21.8. The van der Waals surface area contributed by atoms with Gasteiger partial charge in [-0.1, -0.05) is 0 Å². The molecule has 2 aromatic rings. The minimum atomic E-state index is -0.692. The van der Waals surface area contributed by atoms with Crippen molar-refractivity contribution in [1.82, 2.24) is 9.88 Å². The molecule has 1 saturated heterocycles. The Hall–Kier alpha value is -2.41. The van der Waals surface area contributed by atoms with E-state index in [1.807, 2.05) is 35.2 Å². The number of hydrogen-bond donors (Lipinski definition) is 1. The number of aromatic nitrogens is 1. The van der Waals surface area contributed by atoms with Crippen molar-refractivity contribution in [3.63, 3.8) is 0 Å². The van der Waals surface area contributed by atoms with Gasteiger partial charge in [-0.25, -0.2) is 9.18 Å². The van der Waals surface area contributed by atoms with Crippen LogP contribution in [0.3, 0.4) is 0 Å². The van der Waals surface area contributed by atoms with Crippen molar-refractivity contribution in [3.05, 3.63) is 71.5 Å². The number of carbonyl (C=O) groups excluding carboxylic acids is 1. The summed E-state index contributed by atoms with van der Waals surface area (Å²) in [5, 5.41) is 3.43. The molecule has 0 atom stereocenters. The van der Waals surface area contributed by atoms with Crippen LogP contribution < -0.4 is 15.6 Å². The van der Waals surface area contributed by atoms with Crippen LogP contribution in [0.25, 0.3) is 10.9 Å². The van der Waals surface area contributed by atoms with E-state index in [0.29, 0.717) is 30.8 Å². The molecule has 1 aliphatic heterocycles. The molecule has 0 spiro atoms. The van der Waals surface area contributed by atoms with Gasteiger partial charge in [-0.2, -0.15) is 0 Å². The van der Waals surface area contributed by atoms with Crippen LogP contribution in [-0.2, 0) is 11.3 Å². The Morgan fingerprint density at radius 3 is 2.62 bits per heavy atom. The molecule has 1 aromatic heterocycles. The van der Waals surface area contributed by atoms with Gasteiger partial charge in [0.05, 0.1) is 17.8 Å². The average molecular weight is 396 g/mol. The molecular formula is C22H23FN3O3. The topological polar surface area (TPSA) is 63.6 Å². The summed E-state index contributed by atoms with van der Waals surface area (Å²) in [5.74, 6) is -0.127. The van der Waals surface area contributed by atoms with Crippen molar-refractivity contribution in [2.45, 2.75) is 13.5 Å². The molecule has 151 valence electrons. The van der Waals surface area contributed by atoms with Gasteiger partial charge in [0.25, 0.3) is 0 Å². The lowest BCUT2D eigenvalue weighted by Crippen LogP contribution is -2.43. The summed E-state index contributed by atoms with van der Waals surface area (Å²) in [4.78, 5) is 27.2. The molecule has 5 radical (unpaired) electrons. The lowest BCUT2D eigenvalue weighted by Gasteiger charge is -2.30. The minimum absolute atomic E-state index is 0.0831. The van der Waals surface area contributed by atoms with E-state index in [0.717, 1.165) is 19.0 Å². The fourth-order valence-corrected chi connectivity index (χ4v) is 3.75. The largest absolute Gasteiger partial charge is 0.462 e. The van der Waals surface area contributed by atoms with Crippen molar-refractivity contribution in [3.8, 4) is 0 Å². The first-order chi connectivity index (χ1) is 14.1. The second kappa shape index (κ2) is 8.53. The van der Waals surface area contributed by atoms with Crippen LogP contribution >= 0.6 is 0 Å². The maximum Gasteiger partial charge on any atom is 0.343 e. The van der Waals surface area contributed by atoms with Crippen molar-refractivity contribution < 1.29 is 13.9 Å². The molecule has 0 amide bonds. The molecule has 1 aliphatic carbocycles. The summed E-state index contributed by atoms with van der Waals surface area (Å²) in [5.41, 5.74) is 0.473. The lowest BCUT2D eigenvalue weighted by molar-refractivity contribution is 0.0524. The summed E-state index contributed by atoms with van der Waals surface area (Å²) in [6.45, 7) is 5.24. The highest BCUT2D eigenvalue weighted by molar-refractivity contribution is 5.94. The molecule has 0 unspecified atom stereocenters. The van der Waals surface area contributed by atoms with Gasteiger partial charge in [0.1, 0.15) is 11.4 Å². The van der Waals surface area contributed by atoms with Gasteiger partial charge in [0.2, 0.25) is 5.43 Å². The molecule has 6 nitrogen and oxygen atoms in total. The number of fused-ring (bicyclic) bond motifs is 1. The fourth-order valence-electron chi connectivity index (χ4n) is 3.75. The third kappa shape index (κ3) is 4.01. The quantitative estimate of drug-likeness (QED) is 0.785. The number of nitrogens with one attached hydrogen (secondary N) is 1. The molecule has 29 heavy (non-hydrogen) atoms. The van der Waals surface area contributed by atoms with E-state index >= 15 is 0 Å². The Morgan fingerprint density at radius 1 is 1.21 bits per heavy atom. The summed E-state index contributed by atoms with van der Waals surface area (Å²) in [6.07, 6.45) is 9.31. The molecule has 1 N–H and O–H groups in total. The Kier molecular flexibility index (Phi) is 5.85. The lowest BCUT2D eigenvalue weighted by atomic mass is 10.1. The summed E-state index contributed by atoms with van der Waals surface area (Å²) in [6, 6.07) is 2.97. The van der Waals surface area contributed by atoms with E-state index in [4.69, 9.17) is 4.74 Å². The van der Waals surface area contributed by atoms with Crippen molar-refractivity contribution >= 4 is 22.6 Å². The van der Waals surface area contributed by atoms with Gasteiger partial charge in [0.15, 0.2) is 0 Å². The standard InChI is InChI=1S/C22H23FN3O3/c1-2-29-22(28)17-14-26(13-15-5-3-4-6-15)19-12-20(25-9-7-24-8-10-25)18(23)11-16(19)21(17)27/h3-6,11-12,14,24H,2,7-10,13H2,1H3. The van der Waals surface area contributed by atoms with E-state index in [1.54, 1.807) is 13.0 Å². The Balaban J connectivity index is 1.85. The second-order valence-electron chi connectivity index (χ2n) is 7.07. The third-order valence-corrected chi connectivity index (χ3v) is 5.19. The number of benzene rings is 1. The van der Waals surface area contributed by atoms with E-state index < -0.39 is 17.2 Å². The first-order valence-electron chi connectivity index (χ1n) is 9.78. The highest BCUT2D eigenvalue weighted by Crippen LogP contribution is 2.29. The number of pyridine rings is 1. The van der Waals surface area contributed by atoms with Crippen molar-refractivity contribution in [2.75, 3.05) is 37.7 Å². The average Bonchev–Trinajstić information content (AvgIpc) is 3.24. The Bertz CT molecular complexity index is 960. The minimum Gasteiger partial charge on any atom is -0.462 e. The highest BCUT2D eigenvalue weighted by Gasteiger charge is 2.23. The molecule has 1 aromatic carbocycles. The number of halogens is 1. The highest BCUT2D eigenvalue weighted by atomic mass is 19.1. The van der Waals surface area contributed by atoms with Gasteiger partial charge in [-0.3, -0.25) is 4.79 Å². The second-order valence-corrected chi connectivity index (χ2v) is 7.07. The van der Waals surface area contributed by atoms with Gasteiger partial charge >= 0.3 is 5.97 Å². The number of ether oxygens (including phenoxy) is 1. The first-order valence-corrected chi connectivity index (χ1v) is 9.78. The molecule has 1 saturated carbocycles. The van der Waals surface area contributed by atoms with Crippen LogP contribution in [0.5, 0.6) is 0 Å². The van der Waals surface area contributed by atoms with Crippen LogP contribution in [0.1, 0.15) is 17.3 Å². The number of esters is 1. The Labute approximate surface area is 169 Å². The van der Waals surface area contributed by atoms with E-state index in [-0.39, 0.29) is 17.6 Å². The number of anilines is 1. The number of rotatable bonds is 5. The number of nitrogens with zero attached hydrogens (tertiary/aromatic N) is 2. The van der Waals surface area contributed by atoms with Crippen LogP contribution in [0.15, 0.2) is 23.1 Å². The van der Waals surface area contributed by atoms with Crippen molar-refractivity contribution in [2.24, 2.45) is 0 Å². The maximum atomic E-state index is 14.9. The van der Waals surface area contributed by atoms with Crippen LogP contribution in [0, 0.1) is 37.4 Å². The monoisotopic (exact) mass is 396 g/mol. The van der Waals surface area contributed by atoms with Crippen molar-refractivity contribution in [1.29, 1.82) is 0 Å². The molecular weight excluding hydrogens is 373 g/mol. The zero-order valence-corrected chi connectivity index (χ0v) is 16.3. The zero-order chi connectivity index (χ0) is 20.4. The maximum absolute atomic E-state index is 14.9. The summed E-state index contributed by atoms with van der Waals surface area (Å²) >= 11 is 0. The van der Waals surface area contributed by atoms with Gasteiger partial charge in [-0.15, -0.1) is 0 Å². The number of piperazine rings is 1. The van der Waals surface area contributed by atoms with Crippen LogP contribution in [-0.4, -0.2) is 43.3 Å². The van der Waals surface area contributed by atoms with Gasteiger partial charge in [0, 0.05) is 50.2 Å². The molecule has 2 fully saturated rings. The third-order valence-electron chi connectivity index (χ3n) is 5.19. The predicted octanol–water partition coefficient (Wildman–Crippen LogP) is 2.13. The van der Waals surface area contributed by atoms with E-state index in [1.165, 1.54) is 12.3 Å². The van der Waals surface area contributed by atoms with Gasteiger partial charge in [-0.05, 0) is 44.7 Å². The Morgan fingerprint density at radius 2 is 1.93 bits per heavy atom. The molecule has 2 aliphatic rings. The van der Waals surface area contributed by atoms with Crippen LogP contribution in [0.4, 0.5) is 10.1 Å². The van der Waals surface area contributed by atoms with Gasteiger partial charge < -0.3 is 19.5 Å². The first kappa shape index (κ1) is 19.9. The molecule has 4 rings (SSSR count). The smallest absolute Gasteiger partial charge is 0.343 e. The van der Waals surface area contributed by atoms with E-state index in [9.17, 15) is 14.0 Å². The predicted molar refractivity (Wildman–Crippen MR) is 110 cm³/mol. The zero-order valence-electron chi connectivity index (χ0n) is 16.3. The SMILES string of the molecule is CCOC(=O)c1cn(C[C]2[CH][CH][CH][CH]2)c2cc(N3CCNCC3)c(F)cc2c1=O. The number of carbonyl (C=O) groups is 1. The van der Waals surface area contributed by atoms with E-state index in [2.05, 4.69) is 5.32 Å². The normalized spacial score (nSPS) is 17.8. The van der Waals surface area contributed by atoms with Crippen LogP contribution in [0.2, 0.25) is 0 Å². The molecule has 2 heterocycles. The number of hydrogen-bond acceptors (Lipinski definition) is 5. The molecule has 0 bridgehead atoms. The fraction of sp³-hybridized carbons (Fsp3) is 0.318. The molecule has 7 heteroatoms.